The highest BCUT2D eigenvalue weighted by Gasteiger charge is 2.41. The van der Waals surface area contributed by atoms with Gasteiger partial charge in [0.2, 0.25) is 11.8 Å². The molecule has 0 aromatic rings. The highest BCUT2D eigenvalue weighted by molar-refractivity contribution is 5.81. The summed E-state index contributed by atoms with van der Waals surface area (Å²) in [5, 5.41) is 6.78. The molecule has 4 nitrogen and oxygen atoms in total. The molecule has 3 saturated carbocycles. The monoisotopic (exact) mass is 446 g/mol. The summed E-state index contributed by atoms with van der Waals surface area (Å²) in [6, 6.07) is 0.556. The molecule has 0 unspecified atom stereocenters. The molecule has 3 aliphatic rings. The van der Waals surface area contributed by atoms with Gasteiger partial charge in [-0.05, 0) is 85.9 Å². The van der Waals surface area contributed by atoms with Crippen LogP contribution >= 0.6 is 0 Å². The Morgan fingerprint density at radius 1 is 0.531 bits per heavy atom. The van der Waals surface area contributed by atoms with E-state index < -0.39 is 0 Å². The number of rotatable bonds is 4. The molecule has 0 aromatic heterocycles. The summed E-state index contributed by atoms with van der Waals surface area (Å²) in [7, 11) is 0. The van der Waals surface area contributed by atoms with Gasteiger partial charge in [0.25, 0.3) is 0 Å². The summed E-state index contributed by atoms with van der Waals surface area (Å²) in [4.78, 5) is 26.0. The zero-order valence-corrected chi connectivity index (χ0v) is 22.2. The Morgan fingerprint density at radius 3 is 1.03 bits per heavy atom. The maximum atomic E-state index is 13.0. The van der Waals surface area contributed by atoms with Crippen molar-refractivity contribution in [2.45, 2.75) is 132 Å². The van der Waals surface area contributed by atoms with E-state index in [9.17, 15) is 9.59 Å². The number of nitrogens with one attached hydrogen (secondary N) is 2. The molecule has 2 N–H and O–H groups in total. The lowest BCUT2D eigenvalue weighted by Gasteiger charge is -2.46. The molecule has 0 aliphatic heterocycles. The summed E-state index contributed by atoms with van der Waals surface area (Å²) >= 11 is 0. The van der Waals surface area contributed by atoms with E-state index in [1.165, 1.54) is 12.8 Å². The lowest BCUT2D eigenvalue weighted by Crippen LogP contribution is -2.49. The van der Waals surface area contributed by atoms with Crippen LogP contribution in [-0.2, 0) is 9.59 Å². The van der Waals surface area contributed by atoms with Gasteiger partial charge in [0, 0.05) is 23.9 Å². The average molecular weight is 447 g/mol. The summed E-state index contributed by atoms with van der Waals surface area (Å²) in [5.41, 5.74) is 1.10. The maximum absolute atomic E-state index is 13.0. The second kappa shape index (κ2) is 8.95. The second-order valence-corrected chi connectivity index (χ2v) is 14.8. The minimum Gasteiger partial charge on any atom is -0.353 e. The number of carbonyl (C=O) groups is 2. The lowest BCUT2D eigenvalue weighted by atomic mass is 9.63. The molecule has 2 amide bonds. The third kappa shape index (κ3) is 6.97. The van der Waals surface area contributed by atoms with Crippen molar-refractivity contribution >= 4 is 11.8 Å². The fraction of sp³-hybridized carbons (Fsp3) is 0.929. The first-order valence-corrected chi connectivity index (χ1v) is 13.2. The van der Waals surface area contributed by atoms with Gasteiger partial charge in [0.1, 0.15) is 0 Å². The first-order valence-electron chi connectivity index (χ1n) is 13.2. The third-order valence-corrected chi connectivity index (χ3v) is 8.27. The van der Waals surface area contributed by atoms with Gasteiger partial charge in [-0.3, -0.25) is 9.59 Å². The maximum Gasteiger partial charge on any atom is 0.223 e. The van der Waals surface area contributed by atoms with Gasteiger partial charge in [0.15, 0.2) is 0 Å². The molecule has 0 atom stereocenters. The van der Waals surface area contributed by atoms with E-state index in [0.717, 1.165) is 51.4 Å². The van der Waals surface area contributed by atoms with Gasteiger partial charge in [0.05, 0.1) is 0 Å². The van der Waals surface area contributed by atoms with Crippen LogP contribution in [0, 0.1) is 33.5 Å². The van der Waals surface area contributed by atoms with Gasteiger partial charge in [-0.25, -0.2) is 0 Å². The van der Waals surface area contributed by atoms with Crippen LogP contribution in [0.4, 0.5) is 0 Å². The highest BCUT2D eigenvalue weighted by Crippen LogP contribution is 2.47. The number of carbonyl (C=O) groups excluding carboxylic acids is 2. The predicted molar refractivity (Wildman–Crippen MR) is 132 cm³/mol. The Kier molecular flexibility index (Phi) is 7.15. The Balaban J connectivity index is 1.47. The van der Waals surface area contributed by atoms with Gasteiger partial charge in [-0.1, -0.05) is 55.4 Å². The van der Waals surface area contributed by atoms with E-state index in [2.05, 4.69) is 66.0 Å². The van der Waals surface area contributed by atoms with Crippen LogP contribution in [0.1, 0.15) is 120 Å². The van der Waals surface area contributed by atoms with Gasteiger partial charge < -0.3 is 10.6 Å². The molecule has 3 rings (SSSR count). The van der Waals surface area contributed by atoms with Crippen molar-refractivity contribution < 1.29 is 9.59 Å². The third-order valence-electron chi connectivity index (χ3n) is 8.27. The van der Waals surface area contributed by atoms with Crippen LogP contribution < -0.4 is 10.6 Å². The van der Waals surface area contributed by atoms with E-state index in [4.69, 9.17) is 0 Å². The largest absolute Gasteiger partial charge is 0.353 e. The number of hydrogen-bond donors (Lipinski definition) is 2. The topological polar surface area (TPSA) is 58.2 Å². The predicted octanol–water partition coefficient (Wildman–Crippen LogP) is 6.24. The normalized spacial score (nSPS) is 32.1. The molecule has 0 saturated heterocycles. The second-order valence-electron chi connectivity index (χ2n) is 14.8. The van der Waals surface area contributed by atoms with Crippen LogP contribution in [0.15, 0.2) is 0 Å². The molecule has 0 aromatic carbocycles. The summed E-state index contributed by atoms with van der Waals surface area (Å²) < 4.78 is 0. The van der Waals surface area contributed by atoms with E-state index in [1.807, 2.05) is 0 Å². The van der Waals surface area contributed by atoms with Crippen molar-refractivity contribution in [2.75, 3.05) is 0 Å². The SMILES string of the molecule is CC1(C)CC(NC(=O)C2CCC(C(=O)NC3CC(C)(C)CC(C)(C)C3)CC2)CC(C)(C)C1. The quantitative estimate of drug-likeness (QED) is 0.537. The van der Waals surface area contributed by atoms with E-state index in [0.29, 0.717) is 0 Å². The highest BCUT2D eigenvalue weighted by atomic mass is 16.2. The molecule has 0 bridgehead atoms. The van der Waals surface area contributed by atoms with Crippen molar-refractivity contribution in [3.8, 4) is 0 Å². The Morgan fingerprint density at radius 2 is 0.781 bits per heavy atom. The van der Waals surface area contributed by atoms with Crippen LogP contribution in [-0.4, -0.2) is 23.9 Å². The molecule has 3 fully saturated rings. The lowest BCUT2D eigenvalue weighted by molar-refractivity contribution is -0.132. The summed E-state index contributed by atoms with van der Waals surface area (Å²) in [6.45, 7) is 18.6. The van der Waals surface area contributed by atoms with E-state index >= 15 is 0 Å². The van der Waals surface area contributed by atoms with Crippen molar-refractivity contribution in [3.05, 3.63) is 0 Å². The van der Waals surface area contributed by atoms with Crippen LogP contribution in [0.5, 0.6) is 0 Å². The van der Waals surface area contributed by atoms with Crippen molar-refractivity contribution in [3.63, 3.8) is 0 Å². The van der Waals surface area contributed by atoms with Crippen molar-refractivity contribution in [1.82, 2.24) is 10.6 Å². The number of amides is 2. The smallest absolute Gasteiger partial charge is 0.223 e. The van der Waals surface area contributed by atoms with Crippen LogP contribution in [0.25, 0.3) is 0 Å². The van der Waals surface area contributed by atoms with Gasteiger partial charge in [-0.2, -0.15) is 0 Å². The zero-order valence-electron chi connectivity index (χ0n) is 22.2. The Hall–Kier alpha value is -1.06. The first-order chi connectivity index (χ1) is 14.5. The molecule has 0 spiro atoms. The molecule has 0 radical (unpaired) electrons. The Labute approximate surface area is 197 Å². The van der Waals surface area contributed by atoms with Crippen LogP contribution in [0.3, 0.4) is 0 Å². The van der Waals surface area contributed by atoms with Gasteiger partial charge >= 0.3 is 0 Å². The standard InChI is InChI=1S/C28H50N2O2/c1-25(2)13-21(14-26(3,4)17-25)29-23(31)19-9-11-20(12-10-19)24(32)30-22-15-27(5,6)18-28(7,8)16-22/h19-22H,9-18H2,1-8H3,(H,29,31)(H,30,32). The fourth-order valence-corrected chi connectivity index (χ4v) is 8.15. The molecule has 32 heavy (non-hydrogen) atoms. The molecular weight excluding hydrogens is 396 g/mol. The number of hydrogen-bond acceptors (Lipinski definition) is 2. The van der Waals surface area contributed by atoms with Crippen molar-refractivity contribution in [2.24, 2.45) is 33.5 Å². The first kappa shape index (κ1) is 25.6. The van der Waals surface area contributed by atoms with Gasteiger partial charge in [-0.15, -0.1) is 0 Å². The van der Waals surface area contributed by atoms with E-state index in [-0.39, 0.29) is 57.4 Å². The Bertz CT molecular complexity index is 606. The van der Waals surface area contributed by atoms with E-state index in [1.54, 1.807) is 0 Å². The minimum atomic E-state index is 0.0692. The molecule has 0 heterocycles. The summed E-state index contributed by atoms with van der Waals surface area (Å²) in [6.07, 6.45) is 10.0. The molecule has 3 aliphatic carbocycles. The van der Waals surface area contributed by atoms with Crippen molar-refractivity contribution in [1.29, 1.82) is 0 Å². The minimum absolute atomic E-state index is 0.0692. The molecular formula is C28H50N2O2. The van der Waals surface area contributed by atoms with Crippen LogP contribution in [0.2, 0.25) is 0 Å². The summed E-state index contributed by atoms with van der Waals surface area (Å²) in [5.74, 6) is 0.579. The average Bonchev–Trinajstić information content (AvgIpc) is 2.56. The molecule has 4 heteroatoms. The zero-order chi connectivity index (χ0) is 23.9. The molecule has 184 valence electrons. The fourth-order valence-electron chi connectivity index (χ4n) is 8.15.